The molecule has 0 aliphatic carbocycles. The van der Waals surface area contributed by atoms with Crippen molar-refractivity contribution in [3.63, 3.8) is 0 Å². The van der Waals surface area contributed by atoms with Crippen molar-refractivity contribution in [2.75, 3.05) is 13.2 Å². The zero-order valence-corrected chi connectivity index (χ0v) is 37.7. The molecule has 0 aromatic heterocycles. The molecule has 1 heterocycles. The molecule has 59 heavy (non-hydrogen) atoms. The van der Waals surface area contributed by atoms with E-state index in [9.17, 15) is 40.5 Å². The Labute approximate surface area is 360 Å². The molecule has 11 nitrogen and oxygen atoms in total. The van der Waals surface area contributed by atoms with E-state index in [2.05, 4.69) is 31.3 Å². The SMILES string of the molecule is CCCCCCCCCCC/C=C/CCCCCCCCC[C@@H](O)C(=O)N[C@@H](CO[C@@H]1O[C@H](CO)[C@@H](O)[C@H](O)[C@H]1O)[C@H](O)[C@H](O)CCCCCCCCCCCCCC. The van der Waals surface area contributed by atoms with Crippen molar-refractivity contribution in [1.82, 2.24) is 5.32 Å². The predicted molar refractivity (Wildman–Crippen MR) is 238 cm³/mol. The zero-order valence-electron chi connectivity index (χ0n) is 37.7. The van der Waals surface area contributed by atoms with Gasteiger partial charge in [-0.25, -0.2) is 0 Å². The fraction of sp³-hybridized carbons (Fsp3) is 0.938. The molecule has 9 atom stereocenters. The minimum Gasteiger partial charge on any atom is -0.394 e. The number of hydrogen-bond donors (Lipinski definition) is 8. The van der Waals surface area contributed by atoms with Crippen molar-refractivity contribution in [2.45, 2.75) is 274 Å². The van der Waals surface area contributed by atoms with Crippen LogP contribution in [0.2, 0.25) is 0 Å². The first-order chi connectivity index (χ1) is 28.7. The van der Waals surface area contributed by atoms with Crippen molar-refractivity contribution in [3.8, 4) is 0 Å². The van der Waals surface area contributed by atoms with E-state index in [1.807, 2.05) is 0 Å². The Morgan fingerprint density at radius 1 is 0.576 bits per heavy atom. The van der Waals surface area contributed by atoms with Gasteiger partial charge in [-0.15, -0.1) is 0 Å². The van der Waals surface area contributed by atoms with Crippen molar-refractivity contribution >= 4 is 5.91 Å². The average molecular weight is 844 g/mol. The van der Waals surface area contributed by atoms with E-state index in [4.69, 9.17) is 9.47 Å². The highest BCUT2D eigenvalue weighted by atomic mass is 16.7. The third-order valence-corrected chi connectivity index (χ3v) is 12.1. The molecule has 11 heteroatoms. The number of aliphatic hydroxyl groups excluding tert-OH is 7. The van der Waals surface area contributed by atoms with Crippen LogP contribution < -0.4 is 5.32 Å². The molecule has 0 aromatic carbocycles. The Balaban J connectivity index is 2.39. The van der Waals surface area contributed by atoms with Crippen LogP contribution >= 0.6 is 0 Å². The number of allylic oxidation sites excluding steroid dienone is 2. The summed E-state index contributed by atoms with van der Waals surface area (Å²) in [6.07, 6.45) is 29.7. The van der Waals surface area contributed by atoms with Gasteiger partial charge in [-0.3, -0.25) is 4.79 Å². The summed E-state index contributed by atoms with van der Waals surface area (Å²) in [6.45, 7) is 3.44. The van der Waals surface area contributed by atoms with Crippen LogP contribution in [0, 0.1) is 0 Å². The number of carbonyl (C=O) groups excluding carboxylic acids is 1. The van der Waals surface area contributed by atoms with Gasteiger partial charge in [0.1, 0.15) is 36.6 Å². The molecule has 0 spiro atoms. The second-order valence-corrected chi connectivity index (χ2v) is 17.5. The summed E-state index contributed by atoms with van der Waals surface area (Å²) < 4.78 is 11.1. The summed E-state index contributed by atoms with van der Waals surface area (Å²) >= 11 is 0. The van der Waals surface area contributed by atoms with Crippen LogP contribution in [0.4, 0.5) is 0 Å². The predicted octanol–water partition coefficient (Wildman–Crippen LogP) is 8.45. The lowest BCUT2D eigenvalue weighted by molar-refractivity contribution is -0.303. The van der Waals surface area contributed by atoms with Crippen LogP contribution in [0.5, 0.6) is 0 Å². The van der Waals surface area contributed by atoms with Gasteiger partial charge in [0.05, 0.1) is 25.4 Å². The van der Waals surface area contributed by atoms with Gasteiger partial charge < -0.3 is 50.5 Å². The lowest BCUT2D eigenvalue weighted by Crippen LogP contribution is -2.60. The topological polar surface area (TPSA) is 189 Å². The summed E-state index contributed by atoms with van der Waals surface area (Å²) in [5.74, 6) is -0.699. The molecule has 350 valence electrons. The third-order valence-electron chi connectivity index (χ3n) is 12.1. The number of nitrogens with one attached hydrogen (secondary N) is 1. The Morgan fingerprint density at radius 3 is 1.42 bits per heavy atom. The lowest BCUT2D eigenvalue weighted by Gasteiger charge is -2.40. The summed E-state index contributed by atoms with van der Waals surface area (Å²) in [5.41, 5.74) is 0. The molecule has 1 fully saturated rings. The maximum absolute atomic E-state index is 13.1. The summed E-state index contributed by atoms with van der Waals surface area (Å²) in [5, 5.41) is 75.7. The molecule has 8 N–H and O–H groups in total. The molecule has 0 saturated carbocycles. The van der Waals surface area contributed by atoms with Crippen molar-refractivity contribution in [2.24, 2.45) is 0 Å². The quantitative estimate of drug-likeness (QED) is 0.0219. The summed E-state index contributed by atoms with van der Waals surface area (Å²) in [6, 6.07) is -1.17. The van der Waals surface area contributed by atoms with Crippen LogP contribution in [0.25, 0.3) is 0 Å². The monoisotopic (exact) mass is 844 g/mol. The minimum atomic E-state index is -1.66. The Hall–Kier alpha value is -1.15. The van der Waals surface area contributed by atoms with Crippen LogP contribution in [-0.2, 0) is 14.3 Å². The van der Waals surface area contributed by atoms with Gasteiger partial charge in [0.15, 0.2) is 6.29 Å². The normalized spacial score (nSPS) is 21.8. The smallest absolute Gasteiger partial charge is 0.249 e. The fourth-order valence-corrected chi connectivity index (χ4v) is 7.96. The number of unbranched alkanes of at least 4 members (excludes halogenated alkanes) is 27. The molecule has 1 amide bonds. The highest BCUT2D eigenvalue weighted by Gasteiger charge is 2.44. The summed E-state index contributed by atoms with van der Waals surface area (Å²) in [7, 11) is 0. The van der Waals surface area contributed by atoms with Crippen LogP contribution in [0.1, 0.15) is 219 Å². The van der Waals surface area contributed by atoms with Gasteiger partial charge >= 0.3 is 0 Å². The average Bonchev–Trinajstić information content (AvgIpc) is 3.23. The zero-order chi connectivity index (χ0) is 43.4. The molecule has 0 aromatic rings. The second kappa shape index (κ2) is 38.5. The van der Waals surface area contributed by atoms with Gasteiger partial charge in [0.2, 0.25) is 5.91 Å². The Bertz CT molecular complexity index is 970. The van der Waals surface area contributed by atoms with Crippen LogP contribution in [-0.4, -0.2) is 110 Å². The molecule has 1 aliphatic heterocycles. The molecular weight excluding hydrogens is 751 g/mol. The minimum absolute atomic E-state index is 0.257. The third kappa shape index (κ3) is 28.2. The maximum Gasteiger partial charge on any atom is 0.249 e. The molecule has 0 radical (unpaired) electrons. The van der Waals surface area contributed by atoms with Crippen LogP contribution in [0.15, 0.2) is 12.2 Å². The van der Waals surface area contributed by atoms with Gasteiger partial charge in [-0.2, -0.15) is 0 Å². The number of rotatable bonds is 41. The molecule has 0 bridgehead atoms. The maximum atomic E-state index is 13.1. The highest BCUT2D eigenvalue weighted by molar-refractivity contribution is 5.80. The highest BCUT2D eigenvalue weighted by Crippen LogP contribution is 2.23. The molecular formula is C48H93NO10. The Morgan fingerprint density at radius 2 is 0.983 bits per heavy atom. The van der Waals surface area contributed by atoms with E-state index < -0.39 is 74.2 Å². The molecule has 0 unspecified atom stereocenters. The second-order valence-electron chi connectivity index (χ2n) is 17.5. The van der Waals surface area contributed by atoms with Gasteiger partial charge in [0.25, 0.3) is 0 Å². The first-order valence-electron chi connectivity index (χ1n) is 24.6. The largest absolute Gasteiger partial charge is 0.394 e. The molecule has 1 rings (SSSR count). The number of carbonyl (C=O) groups is 1. The van der Waals surface area contributed by atoms with E-state index in [0.29, 0.717) is 19.3 Å². The van der Waals surface area contributed by atoms with Crippen molar-refractivity contribution < 1.29 is 50.0 Å². The van der Waals surface area contributed by atoms with E-state index >= 15 is 0 Å². The number of aliphatic hydroxyl groups is 7. The van der Waals surface area contributed by atoms with E-state index in [1.165, 1.54) is 135 Å². The lowest BCUT2D eigenvalue weighted by atomic mass is 9.98. The fourth-order valence-electron chi connectivity index (χ4n) is 7.96. The number of hydrogen-bond acceptors (Lipinski definition) is 10. The number of amides is 1. The van der Waals surface area contributed by atoms with Crippen molar-refractivity contribution in [1.29, 1.82) is 0 Å². The van der Waals surface area contributed by atoms with E-state index in [-0.39, 0.29) is 6.42 Å². The Kier molecular flexibility index (Phi) is 36.5. The van der Waals surface area contributed by atoms with Gasteiger partial charge in [-0.05, 0) is 38.5 Å². The molecule has 1 aliphatic rings. The van der Waals surface area contributed by atoms with E-state index in [0.717, 1.165) is 44.9 Å². The summed E-state index contributed by atoms with van der Waals surface area (Å²) in [4.78, 5) is 13.1. The van der Waals surface area contributed by atoms with E-state index in [1.54, 1.807) is 0 Å². The van der Waals surface area contributed by atoms with Gasteiger partial charge in [-0.1, -0.05) is 193 Å². The van der Waals surface area contributed by atoms with Crippen LogP contribution in [0.3, 0.4) is 0 Å². The number of ether oxygens (including phenoxy) is 2. The van der Waals surface area contributed by atoms with Crippen molar-refractivity contribution in [3.05, 3.63) is 12.2 Å². The standard InChI is InChI=1S/C48H93NO10/c1-3-5-7-9-11-13-15-17-18-19-20-21-22-23-24-26-28-30-32-34-36-41(52)47(57)49-39(38-58-48-46(56)45(55)44(54)42(37-50)59-48)43(53)40(51)35-33-31-29-27-25-16-14-12-10-8-6-4-2/h20-21,39-46,48,50-56H,3-19,22-38H2,1-2H3,(H,49,57)/b21-20+/t39-,40+,41+,42+,43-,44+,45-,46+,48+/m0/s1. The first kappa shape index (κ1) is 55.9. The first-order valence-corrected chi connectivity index (χ1v) is 24.6. The van der Waals surface area contributed by atoms with Gasteiger partial charge in [0, 0.05) is 0 Å². The molecule has 1 saturated heterocycles.